The van der Waals surface area contributed by atoms with Gasteiger partial charge in [0, 0.05) is 18.1 Å². The van der Waals surface area contributed by atoms with Crippen molar-refractivity contribution in [2.24, 2.45) is 0 Å². The Balaban J connectivity index is 2.20. The highest BCUT2D eigenvalue weighted by atomic mass is 79.9. The zero-order valence-electron chi connectivity index (χ0n) is 19.2. The van der Waals surface area contributed by atoms with Gasteiger partial charge < -0.3 is 15.0 Å². The molecule has 7 heteroatoms. The minimum atomic E-state index is -0.583. The molecule has 0 saturated heterocycles. The van der Waals surface area contributed by atoms with Crippen LogP contribution in [-0.4, -0.2) is 35.9 Å². The number of ether oxygens (including phenoxy) is 1. The van der Waals surface area contributed by atoms with E-state index < -0.39 is 6.04 Å². The Morgan fingerprint density at radius 1 is 1.12 bits per heavy atom. The van der Waals surface area contributed by atoms with Crippen molar-refractivity contribution in [1.82, 2.24) is 10.2 Å². The van der Waals surface area contributed by atoms with E-state index in [-0.39, 0.29) is 18.4 Å². The molecule has 2 aromatic rings. The molecule has 0 fully saturated rings. The molecule has 0 radical (unpaired) electrons. The van der Waals surface area contributed by atoms with Gasteiger partial charge in [-0.1, -0.05) is 57.5 Å². The summed E-state index contributed by atoms with van der Waals surface area (Å²) in [6.45, 7) is 8.85. The number of halogens is 2. The summed E-state index contributed by atoms with van der Waals surface area (Å²) in [6.07, 6.45) is 1.33. The maximum atomic E-state index is 13.2. The summed E-state index contributed by atoms with van der Waals surface area (Å²) in [4.78, 5) is 27.6. The number of carbonyl (C=O) groups excluding carboxylic acids is 2. The number of hydrogen-bond donors (Lipinski definition) is 1. The summed E-state index contributed by atoms with van der Waals surface area (Å²) in [7, 11) is 0. The summed E-state index contributed by atoms with van der Waals surface area (Å²) in [5, 5.41) is 3.53. The van der Waals surface area contributed by atoms with Crippen molar-refractivity contribution in [3.8, 4) is 5.75 Å². The molecule has 0 heterocycles. The second-order valence-corrected chi connectivity index (χ2v) is 9.29. The lowest BCUT2D eigenvalue weighted by molar-refractivity contribution is -0.143. The normalized spacial score (nSPS) is 11.8. The third-order valence-electron chi connectivity index (χ3n) is 5.18. The van der Waals surface area contributed by atoms with Gasteiger partial charge in [-0.25, -0.2) is 0 Å². The Morgan fingerprint density at radius 2 is 1.81 bits per heavy atom. The average Bonchev–Trinajstić information content (AvgIpc) is 2.77. The lowest BCUT2D eigenvalue weighted by Gasteiger charge is -2.30. The smallest absolute Gasteiger partial charge is 0.261 e. The number of hydrogen-bond acceptors (Lipinski definition) is 3. The van der Waals surface area contributed by atoms with Crippen molar-refractivity contribution < 1.29 is 14.3 Å². The number of benzene rings is 2. The van der Waals surface area contributed by atoms with Crippen molar-refractivity contribution >= 4 is 39.3 Å². The molecule has 0 aliphatic heterocycles. The predicted octanol–water partition coefficient (Wildman–Crippen LogP) is 5.94. The largest absolute Gasteiger partial charge is 0.483 e. The molecular formula is C25H32BrClN2O3. The van der Waals surface area contributed by atoms with Crippen LogP contribution in [-0.2, 0) is 16.1 Å². The molecule has 1 N–H and O–H groups in total. The van der Waals surface area contributed by atoms with Gasteiger partial charge in [0.2, 0.25) is 5.91 Å². The summed E-state index contributed by atoms with van der Waals surface area (Å²) in [5.41, 5.74) is 2.07. The van der Waals surface area contributed by atoms with Gasteiger partial charge in [-0.2, -0.15) is 0 Å². The molecule has 2 aromatic carbocycles. The van der Waals surface area contributed by atoms with E-state index in [1.165, 1.54) is 5.56 Å². The molecule has 0 aliphatic rings. The van der Waals surface area contributed by atoms with Crippen molar-refractivity contribution in [1.29, 1.82) is 0 Å². The van der Waals surface area contributed by atoms with E-state index in [1.807, 2.05) is 44.2 Å². The van der Waals surface area contributed by atoms with E-state index in [4.69, 9.17) is 16.3 Å². The second kappa shape index (κ2) is 12.9. The van der Waals surface area contributed by atoms with Gasteiger partial charge in [0.1, 0.15) is 11.8 Å². The van der Waals surface area contributed by atoms with Gasteiger partial charge in [0.25, 0.3) is 5.91 Å². The van der Waals surface area contributed by atoms with Crippen molar-refractivity contribution in [2.75, 3.05) is 13.2 Å². The Hall–Kier alpha value is -2.05. The van der Waals surface area contributed by atoms with Crippen LogP contribution in [0.4, 0.5) is 0 Å². The van der Waals surface area contributed by atoms with E-state index in [9.17, 15) is 9.59 Å². The topological polar surface area (TPSA) is 58.6 Å². The fraction of sp³-hybridized carbons (Fsp3) is 0.440. The number of nitrogens with zero attached hydrogens (tertiary/aromatic N) is 1. The van der Waals surface area contributed by atoms with Crippen LogP contribution in [0, 0.1) is 0 Å². The van der Waals surface area contributed by atoms with E-state index in [0.29, 0.717) is 36.2 Å². The Morgan fingerprint density at radius 3 is 2.38 bits per heavy atom. The quantitative estimate of drug-likeness (QED) is 0.397. The average molecular weight is 524 g/mol. The molecule has 0 unspecified atom stereocenters. The van der Waals surface area contributed by atoms with Gasteiger partial charge in [-0.05, 0) is 70.1 Å². The first-order chi connectivity index (χ1) is 15.3. The molecular weight excluding hydrogens is 492 g/mol. The van der Waals surface area contributed by atoms with Crippen molar-refractivity contribution in [3.05, 3.63) is 63.1 Å². The number of amides is 2. The summed E-state index contributed by atoms with van der Waals surface area (Å²) in [5.74, 6) is 0.582. The van der Waals surface area contributed by atoms with E-state index >= 15 is 0 Å². The summed E-state index contributed by atoms with van der Waals surface area (Å²) < 4.78 is 6.64. The van der Waals surface area contributed by atoms with Crippen LogP contribution in [0.1, 0.15) is 57.6 Å². The fourth-order valence-electron chi connectivity index (χ4n) is 3.29. The molecule has 0 aliphatic carbocycles. The van der Waals surface area contributed by atoms with Crippen LogP contribution in [0.5, 0.6) is 5.75 Å². The first-order valence-electron chi connectivity index (χ1n) is 11.0. The van der Waals surface area contributed by atoms with Gasteiger partial charge in [-0.15, -0.1) is 0 Å². The first kappa shape index (κ1) is 26.2. The molecule has 174 valence electrons. The minimum Gasteiger partial charge on any atom is -0.483 e. The van der Waals surface area contributed by atoms with Crippen LogP contribution in [0.25, 0.3) is 0 Å². The molecule has 0 saturated carbocycles. The molecule has 2 amide bonds. The standard InChI is InChI=1S/C25H32BrClN2O3/c1-5-13-28-25(31)22(6-2)29(15-18-7-10-20(27)11-8-18)24(30)16-32-23-12-9-19(17(3)4)14-21(23)26/h7-12,14,17,22H,5-6,13,15-16H2,1-4H3,(H,28,31)/t22-/m1/s1. The molecule has 0 bridgehead atoms. The molecule has 2 rings (SSSR count). The highest BCUT2D eigenvalue weighted by Crippen LogP contribution is 2.29. The third kappa shape index (κ3) is 7.52. The highest BCUT2D eigenvalue weighted by molar-refractivity contribution is 9.10. The SMILES string of the molecule is CCCNC(=O)[C@@H](CC)N(Cc1ccc(Cl)cc1)C(=O)COc1ccc(C(C)C)cc1Br. The Bertz CT molecular complexity index is 903. The predicted molar refractivity (Wildman–Crippen MR) is 133 cm³/mol. The zero-order chi connectivity index (χ0) is 23.7. The van der Waals surface area contributed by atoms with Gasteiger partial charge in [0.05, 0.1) is 4.47 Å². The van der Waals surface area contributed by atoms with Gasteiger partial charge in [-0.3, -0.25) is 9.59 Å². The van der Waals surface area contributed by atoms with Crippen LogP contribution in [0.2, 0.25) is 5.02 Å². The highest BCUT2D eigenvalue weighted by Gasteiger charge is 2.29. The molecule has 1 atom stereocenters. The molecule has 32 heavy (non-hydrogen) atoms. The number of rotatable bonds is 11. The summed E-state index contributed by atoms with van der Waals surface area (Å²) in [6, 6.07) is 12.6. The van der Waals surface area contributed by atoms with Gasteiger partial charge >= 0.3 is 0 Å². The van der Waals surface area contributed by atoms with E-state index in [1.54, 1.807) is 17.0 Å². The third-order valence-corrected chi connectivity index (χ3v) is 6.05. The lowest BCUT2D eigenvalue weighted by Crippen LogP contribution is -2.50. The maximum absolute atomic E-state index is 13.2. The lowest BCUT2D eigenvalue weighted by atomic mass is 10.0. The first-order valence-corrected chi connectivity index (χ1v) is 12.2. The number of nitrogens with one attached hydrogen (secondary N) is 1. The van der Waals surface area contributed by atoms with Crippen molar-refractivity contribution in [2.45, 2.75) is 59.0 Å². The molecule has 0 aromatic heterocycles. The van der Waals surface area contributed by atoms with Gasteiger partial charge in [0.15, 0.2) is 6.61 Å². The van der Waals surface area contributed by atoms with E-state index in [0.717, 1.165) is 16.5 Å². The second-order valence-electron chi connectivity index (χ2n) is 8.00. The van der Waals surface area contributed by atoms with Crippen LogP contribution < -0.4 is 10.1 Å². The van der Waals surface area contributed by atoms with Crippen molar-refractivity contribution in [3.63, 3.8) is 0 Å². The van der Waals surface area contributed by atoms with Crippen LogP contribution in [0.3, 0.4) is 0 Å². The van der Waals surface area contributed by atoms with Crippen LogP contribution in [0.15, 0.2) is 46.9 Å². The van der Waals surface area contributed by atoms with Crippen LogP contribution >= 0.6 is 27.5 Å². The Kier molecular flexibility index (Phi) is 10.5. The van der Waals surface area contributed by atoms with E-state index in [2.05, 4.69) is 35.1 Å². The minimum absolute atomic E-state index is 0.154. The fourth-order valence-corrected chi connectivity index (χ4v) is 3.92. The number of carbonyl (C=O) groups is 2. The maximum Gasteiger partial charge on any atom is 0.261 e. The molecule has 5 nitrogen and oxygen atoms in total. The zero-order valence-corrected chi connectivity index (χ0v) is 21.5. The summed E-state index contributed by atoms with van der Waals surface area (Å²) >= 11 is 9.53. The monoisotopic (exact) mass is 522 g/mol. The molecule has 0 spiro atoms. The Labute approximate surface area is 204 Å².